The lowest BCUT2D eigenvalue weighted by Crippen LogP contribution is -2.27. The van der Waals surface area contributed by atoms with Gasteiger partial charge in [-0.2, -0.15) is 0 Å². The van der Waals surface area contributed by atoms with Gasteiger partial charge in [-0.25, -0.2) is 4.39 Å². The van der Waals surface area contributed by atoms with Crippen LogP contribution in [-0.2, 0) is 4.79 Å². The number of benzene rings is 1. The summed E-state index contributed by atoms with van der Waals surface area (Å²) < 4.78 is 12.9. The number of carbonyl (C=O) groups excluding carboxylic acids is 1. The molecule has 0 aliphatic carbocycles. The third kappa shape index (κ3) is 5.13. The maximum Gasteiger partial charge on any atom is 0.244 e. The fraction of sp³-hybridized carbons (Fsp3) is 0.400. The maximum absolute atomic E-state index is 12.9. The SMILES string of the molecule is CCC(CC)CNC(=O)C=Cc1cccc(F)c1. The van der Waals surface area contributed by atoms with Gasteiger partial charge in [0.05, 0.1) is 0 Å². The molecule has 0 radical (unpaired) electrons. The summed E-state index contributed by atoms with van der Waals surface area (Å²) in [6, 6.07) is 6.15. The third-order valence-electron chi connectivity index (χ3n) is 3.00. The van der Waals surface area contributed by atoms with Gasteiger partial charge in [-0.1, -0.05) is 38.8 Å². The van der Waals surface area contributed by atoms with E-state index in [1.54, 1.807) is 18.2 Å². The Morgan fingerprint density at radius 3 is 2.72 bits per heavy atom. The van der Waals surface area contributed by atoms with Crippen molar-refractivity contribution in [2.24, 2.45) is 5.92 Å². The van der Waals surface area contributed by atoms with Crippen molar-refractivity contribution in [1.29, 1.82) is 0 Å². The summed E-state index contributed by atoms with van der Waals surface area (Å²) in [5.41, 5.74) is 0.688. The first-order valence-electron chi connectivity index (χ1n) is 6.37. The highest BCUT2D eigenvalue weighted by atomic mass is 19.1. The normalized spacial score (nSPS) is 11.1. The molecule has 18 heavy (non-hydrogen) atoms. The number of nitrogens with one attached hydrogen (secondary N) is 1. The molecule has 0 aromatic heterocycles. The summed E-state index contributed by atoms with van der Waals surface area (Å²) in [5.74, 6) is 0.0947. The standard InChI is InChI=1S/C15H20FNO/c1-3-12(4-2)11-17-15(18)9-8-13-6-5-7-14(16)10-13/h5-10,12H,3-4,11H2,1-2H3,(H,17,18). The van der Waals surface area contributed by atoms with E-state index < -0.39 is 0 Å². The molecule has 0 saturated heterocycles. The number of halogens is 1. The van der Waals surface area contributed by atoms with Crippen LogP contribution in [0.4, 0.5) is 4.39 Å². The van der Waals surface area contributed by atoms with Gasteiger partial charge in [0, 0.05) is 12.6 Å². The molecule has 1 amide bonds. The van der Waals surface area contributed by atoms with Crippen molar-refractivity contribution < 1.29 is 9.18 Å². The second-order valence-electron chi connectivity index (χ2n) is 4.32. The summed E-state index contributed by atoms with van der Waals surface area (Å²) >= 11 is 0. The van der Waals surface area contributed by atoms with Crippen LogP contribution in [0.1, 0.15) is 32.3 Å². The summed E-state index contributed by atoms with van der Waals surface area (Å²) in [4.78, 5) is 11.5. The number of hydrogen-bond donors (Lipinski definition) is 1. The highest BCUT2D eigenvalue weighted by molar-refractivity contribution is 5.91. The van der Waals surface area contributed by atoms with Gasteiger partial charge in [0.15, 0.2) is 0 Å². The molecule has 98 valence electrons. The Kier molecular flexibility index (Phi) is 6.12. The van der Waals surface area contributed by atoms with Crippen LogP contribution < -0.4 is 5.32 Å². The monoisotopic (exact) mass is 249 g/mol. The molecule has 3 heteroatoms. The van der Waals surface area contributed by atoms with Crippen molar-refractivity contribution in [3.05, 3.63) is 41.7 Å². The zero-order valence-electron chi connectivity index (χ0n) is 10.9. The van der Waals surface area contributed by atoms with E-state index in [4.69, 9.17) is 0 Å². The zero-order chi connectivity index (χ0) is 13.4. The topological polar surface area (TPSA) is 29.1 Å². The van der Waals surface area contributed by atoms with Crippen molar-refractivity contribution in [1.82, 2.24) is 5.32 Å². The van der Waals surface area contributed by atoms with Crippen LogP contribution in [0, 0.1) is 11.7 Å². The smallest absolute Gasteiger partial charge is 0.244 e. The lowest BCUT2D eigenvalue weighted by Gasteiger charge is -2.11. The molecule has 0 bridgehead atoms. The number of carbonyl (C=O) groups is 1. The predicted octanol–water partition coefficient (Wildman–Crippen LogP) is 3.39. The Balaban J connectivity index is 2.45. The summed E-state index contributed by atoms with van der Waals surface area (Å²) in [5, 5.41) is 2.85. The van der Waals surface area contributed by atoms with Crippen molar-refractivity contribution in [3.63, 3.8) is 0 Å². The van der Waals surface area contributed by atoms with E-state index in [2.05, 4.69) is 19.2 Å². The van der Waals surface area contributed by atoms with E-state index >= 15 is 0 Å². The van der Waals surface area contributed by atoms with Gasteiger partial charge in [-0.3, -0.25) is 4.79 Å². The molecule has 0 spiro atoms. The summed E-state index contributed by atoms with van der Waals surface area (Å²) in [6.45, 7) is 4.92. The van der Waals surface area contributed by atoms with Gasteiger partial charge in [-0.15, -0.1) is 0 Å². The van der Waals surface area contributed by atoms with Crippen molar-refractivity contribution in [2.45, 2.75) is 26.7 Å². The Morgan fingerprint density at radius 2 is 2.11 bits per heavy atom. The van der Waals surface area contributed by atoms with Gasteiger partial charge >= 0.3 is 0 Å². The molecule has 0 aliphatic heterocycles. The molecular weight excluding hydrogens is 229 g/mol. The summed E-state index contributed by atoms with van der Waals surface area (Å²) in [7, 11) is 0. The molecule has 0 saturated carbocycles. The fourth-order valence-electron chi connectivity index (χ4n) is 1.66. The van der Waals surface area contributed by atoms with Crippen molar-refractivity contribution in [3.8, 4) is 0 Å². The first kappa shape index (κ1) is 14.4. The Hall–Kier alpha value is -1.64. The molecule has 1 aromatic carbocycles. The number of amides is 1. The van der Waals surface area contributed by atoms with Crippen LogP contribution >= 0.6 is 0 Å². The van der Waals surface area contributed by atoms with Crippen LogP contribution in [0.15, 0.2) is 30.3 Å². The fourth-order valence-corrected chi connectivity index (χ4v) is 1.66. The molecule has 0 fully saturated rings. The van der Waals surface area contributed by atoms with E-state index in [1.165, 1.54) is 18.2 Å². The lowest BCUT2D eigenvalue weighted by molar-refractivity contribution is -0.116. The first-order chi connectivity index (χ1) is 8.65. The molecule has 0 atom stereocenters. The average molecular weight is 249 g/mol. The van der Waals surface area contributed by atoms with Gasteiger partial charge in [0.25, 0.3) is 0 Å². The molecule has 1 aromatic rings. The van der Waals surface area contributed by atoms with Crippen LogP contribution in [0.3, 0.4) is 0 Å². The minimum Gasteiger partial charge on any atom is -0.352 e. The molecular formula is C15H20FNO. The minimum absolute atomic E-state index is 0.133. The number of rotatable bonds is 6. The first-order valence-corrected chi connectivity index (χ1v) is 6.37. The van der Waals surface area contributed by atoms with Gasteiger partial charge < -0.3 is 5.32 Å². The molecule has 1 N–H and O–H groups in total. The Morgan fingerprint density at radius 1 is 1.39 bits per heavy atom. The van der Waals surface area contributed by atoms with Gasteiger partial charge in [0.1, 0.15) is 5.82 Å². The highest BCUT2D eigenvalue weighted by Crippen LogP contribution is 2.06. The zero-order valence-corrected chi connectivity index (χ0v) is 10.9. The lowest BCUT2D eigenvalue weighted by atomic mass is 10.0. The van der Waals surface area contributed by atoms with E-state index in [-0.39, 0.29) is 11.7 Å². The molecule has 0 unspecified atom stereocenters. The maximum atomic E-state index is 12.9. The van der Waals surface area contributed by atoms with Crippen molar-refractivity contribution >= 4 is 12.0 Å². The second-order valence-corrected chi connectivity index (χ2v) is 4.32. The Labute approximate surface area is 108 Å². The predicted molar refractivity (Wildman–Crippen MR) is 72.5 cm³/mol. The average Bonchev–Trinajstić information content (AvgIpc) is 2.37. The third-order valence-corrected chi connectivity index (χ3v) is 3.00. The van der Waals surface area contributed by atoms with Crippen LogP contribution in [0.25, 0.3) is 6.08 Å². The van der Waals surface area contributed by atoms with E-state index in [1.807, 2.05) is 0 Å². The van der Waals surface area contributed by atoms with E-state index in [9.17, 15) is 9.18 Å². The van der Waals surface area contributed by atoms with Gasteiger partial charge in [-0.05, 0) is 29.7 Å². The second kappa shape index (κ2) is 7.64. The molecule has 0 aliphatic rings. The van der Waals surface area contributed by atoms with E-state index in [0.29, 0.717) is 18.0 Å². The largest absolute Gasteiger partial charge is 0.352 e. The van der Waals surface area contributed by atoms with Crippen molar-refractivity contribution in [2.75, 3.05) is 6.54 Å². The molecule has 1 rings (SSSR count). The minimum atomic E-state index is -0.297. The van der Waals surface area contributed by atoms with Crippen LogP contribution in [0.5, 0.6) is 0 Å². The molecule has 2 nitrogen and oxygen atoms in total. The van der Waals surface area contributed by atoms with Crippen LogP contribution in [-0.4, -0.2) is 12.5 Å². The molecule has 0 heterocycles. The Bertz CT molecular complexity index is 411. The van der Waals surface area contributed by atoms with E-state index in [0.717, 1.165) is 12.8 Å². The summed E-state index contributed by atoms with van der Waals surface area (Å²) in [6.07, 6.45) is 5.18. The van der Waals surface area contributed by atoms with Gasteiger partial charge in [0.2, 0.25) is 5.91 Å². The highest BCUT2D eigenvalue weighted by Gasteiger charge is 2.04. The van der Waals surface area contributed by atoms with Crippen LogP contribution in [0.2, 0.25) is 0 Å². The number of hydrogen-bond acceptors (Lipinski definition) is 1. The quantitative estimate of drug-likeness (QED) is 0.769.